The Morgan fingerprint density at radius 2 is 2.03 bits per heavy atom. The molecule has 0 spiro atoms. The number of nitrogens with one attached hydrogen (secondary N) is 1. The lowest BCUT2D eigenvalue weighted by Gasteiger charge is -2.46. The highest BCUT2D eigenvalue weighted by Crippen LogP contribution is 2.50. The quantitative estimate of drug-likeness (QED) is 0.765. The largest absolute Gasteiger partial charge is 0.378 e. The zero-order chi connectivity index (χ0) is 21.4. The highest BCUT2D eigenvalue weighted by Gasteiger charge is 2.47. The Morgan fingerprint density at radius 1 is 1.27 bits per heavy atom. The molecule has 1 aromatic carbocycles. The molecular weight excluding hydrogens is 380 g/mol. The number of anilines is 2. The molecule has 2 amide bonds. The predicted octanol–water partition coefficient (Wildman–Crippen LogP) is 3.26. The van der Waals surface area contributed by atoms with Crippen molar-refractivity contribution in [3.05, 3.63) is 53.2 Å². The SMILES string of the molecule is COCc1cccc(N[C@H]2c3cc(C(N)=O)ccc3N(C(C)=O)[C@@H](C3CC3)[C@@H]2C)n1. The number of aromatic nitrogens is 1. The second-order valence-corrected chi connectivity index (χ2v) is 8.28. The van der Waals surface area contributed by atoms with E-state index in [1.807, 2.05) is 35.2 Å². The van der Waals surface area contributed by atoms with Crippen LogP contribution in [0, 0.1) is 11.8 Å². The highest BCUT2D eigenvalue weighted by atomic mass is 16.5. The van der Waals surface area contributed by atoms with E-state index in [-0.39, 0.29) is 23.9 Å². The van der Waals surface area contributed by atoms with Gasteiger partial charge in [0.05, 0.1) is 18.3 Å². The summed E-state index contributed by atoms with van der Waals surface area (Å²) in [6.45, 7) is 4.20. The fraction of sp³-hybridized carbons (Fsp3) is 0.435. The van der Waals surface area contributed by atoms with Crippen LogP contribution in [-0.4, -0.2) is 29.9 Å². The molecule has 0 unspecified atom stereocenters. The molecule has 0 saturated heterocycles. The van der Waals surface area contributed by atoms with Crippen molar-refractivity contribution < 1.29 is 14.3 Å². The van der Waals surface area contributed by atoms with Crippen LogP contribution in [0.5, 0.6) is 0 Å². The molecule has 158 valence electrons. The van der Waals surface area contributed by atoms with E-state index in [1.54, 1.807) is 20.1 Å². The molecule has 30 heavy (non-hydrogen) atoms. The maximum absolute atomic E-state index is 12.6. The van der Waals surface area contributed by atoms with Gasteiger partial charge in [-0.05, 0) is 54.7 Å². The molecule has 7 nitrogen and oxygen atoms in total. The Bertz CT molecular complexity index is 973. The monoisotopic (exact) mass is 408 g/mol. The minimum atomic E-state index is -0.483. The maximum Gasteiger partial charge on any atom is 0.248 e. The Labute approximate surface area is 176 Å². The summed E-state index contributed by atoms with van der Waals surface area (Å²) in [4.78, 5) is 31.0. The smallest absolute Gasteiger partial charge is 0.248 e. The van der Waals surface area contributed by atoms with Crippen LogP contribution >= 0.6 is 0 Å². The molecule has 1 aliphatic heterocycles. The summed E-state index contributed by atoms with van der Waals surface area (Å²) in [7, 11) is 1.64. The molecule has 0 bridgehead atoms. The Hall–Kier alpha value is -2.93. The van der Waals surface area contributed by atoms with Crippen LogP contribution < -0.4 is 16.0 Å². The summed E-state index contributed by atoms with van der Waals surface area (Å²) in [5.41, 5.74) is 8.55. The van der Waals surface area contributed by atoms with Crippen LogP contribution in [0.2, 0.25) is 0 Å². The van der Waals surface area contributed by atoms with E-state index in [2.05, 4.69) is 17.2 Å². The van der Waals surface area contributed by atoms with Crippen molar-refractivity contribution in [2.45, 2.75) is 45.4 Å². The predicted molar refractivity (Wildman–Crippen MR) is 115 cm³/mol. The van der Waals surface area contributed by atoms with E-state index in [9.17, 15) is 9.59 Å². The molecular formula is C23H28N4O3. The van der Waals surface area contributed by atoms with Gasteiger partial charge < -0.3 is 20.7 Å². The fourth-order valence-electron chi connectivity index (χ4n) is 4.67. The summed E-state index contributed by atoms with van der Waals surface area (Å²) in [6.07, 6.45) is 2.25. The number of nitrogens with two attached hydrogens (primary N) is 1. The van der Waals surface area contributed by atoms with Crippen LogP contribution in [-0.2, 0) is 16.1 Å². The number of benzene rings is 1. The first-order valence-corrected chi connectivity index (χ1v) is 10.4. The molecule has 2 aromatic rings. The number of hydrogen-bond acceptors (Lipinski definition) is 5. The number of methoxy groups -OCH3 is 1. The van der Waals surface area contributed by atoms with Crippen molar-refractivity contribution in [1.82, 2.24) is 4.98 Å². The Kier molecular flexibility index (Phi) is 5.47. The minimum absolute atomic E-state index is 0.0190. The van der Waals surface area contributed by atoms with Crippen LogP contribution in [0.1, 0.15) is 54.3 Å². The number of carbonyl (C=O) groups excluding carboxylic acids is 2. The molecule has 1 aromatic heterocycles. The molecule has 2 heterocycles. The number of fused-ring (bicyclic) bond motifs is 1. The number of pyridine rings is 1. The molecule has 4 rings (SSSR count). The van der Waals surface area contributed by atoms with Crippen molar-refractivity contribution in [1.29, 1.82) is 0 Å². The van der Waals surface area contributed by atoms with Crippen molar-refractivity contribution in [2.24, 2.45) is 17.6 Å². The topological polar surface area (TPSA) is 97.5 Å². The van der Waals surface area contributed by atoms with Gasteiger partial charge in [0.15, 0.2) is 0 Å². The lowest BCUT2D eigenvalue weighted by atomic mass is 9.79. The molecule has 3 atom stereocenters. The zero-order valence-electron chi connectivity index (χ0n) is 17.6. The third-order valence-corrected chi connectivity index (χ3v) is 6.12. The fourth-order valence-corrected chi connectivity index (χ4v) is 4.67. The van der Waals surface area contributed by atoms with E-state index in [4.69, 9.17) is 10.5 Å². The number of rotatable bonds is 6. The summed E-state index contributed by atoms with van der Waals surface area (Å²) in [5, 5.41) is 3.57. The summed E-state index contributed by atoms with van der Waals surface area (Å²) >= 11 is 0. The van der Waals surface area contributed by atoms with Crippen molar-refractivity contribution in [3.63, 3.8) is 0 Å². The maximum atomic E-state index is 12.6. The second kappa shape index (κ2) is 8.07. The van der Waals surface area contributed by atoms with Gasteiger partial charge in [0.25, 0.3) is 0 Å². The first-order valence-electron chi connectivity index (χ1n) is 10.4. The van der Waals surface area contributed by atoms with Gasteiger partial charge in [0.1, 0.15) is 5.82 Å². The van der Waals surface area contributed by atoms with Gasteiger partial charge in [-0.15, -0.1) is 0 Å². The molecule has 1 aliphatic carbocycles. The van der Waals surface area contributed by atoms with Gasteiger partial charge in [0, 0.05) is 37.2 Å². The molecule has 0 radical (unpaired) electrons. The highest BCUT2D eigenvalue weighted by molar-refractivity contribution is 5.97. The van der Waals surface area contributed by atoms with Crippen molar-refractivity contribution >= 4 is 23.3 Å². The van der Waals surface area contributed by atoms with Crippen LogP contribution in [0.15, 0.2) is 36.4 Å². The second-order valence-electron chi connectivity index (χ2n) is 8.28. The Morgan fingerprint density at radius 3 is 2.67 bits per heavy atom. The number of nitrogens with zero attached hydrogens (tertiary/aromatic N) is 2. The number of hydrogen-bond donors (Lipinski definition) is 2. The van der Waals surface area contributed by atoms with Gasteiger partial charge >= 0.3 is 0 Å². The number of carbonyl (C=O) groups is 2. The van der Waals surface area contributed by atoms with Gasteiger partial charge in [0.2, 0.25) is 11.8 Å². The average molecular weight is 409 g/mol. The van der Waals surface area contributed by atoms with E-state index >= 15 is 0 Å². The van der Waals surface area contributed by atoms with Gasteiger partial charge in [-0.25, -0.2) is 4.98 Å². The first kappa shape index (κ1) is 20.3. The lowest BCUT2D eigenvalue weighted by molar-refractivity contribution is -0.117. The number of ether oxygens (including phenoxy) is 1. The molecule has 3 N–H and O–H groups in total. The lowest BCUT2D eigenvalue weighted by Crippen LogP contribution is -2.51. The average Bonchev–Trinajstić information content (AvgIpc) is 3.54. The summed E-state index contributed by atoms with van der Waals surface area (Å²) in [6, 6.07) is 11.1. The van der Waals surface area contributed by atoms with Gasteiger partial charge in [-0.2, -0.15) is 0 Å². The molecule has 1 saturated carbocycles. The number of amides is 2. The van der Waals surface area contributed by atoms with E-state index in [0.717, 1.165) is 35.6 Å². The Balaban J connectivity index is 1.79. The van der Waals surface area contributed by atoms with E-state index in [1.165, 1.54) is 0 Å². The summed E-state index contributed by atoms with van der Waals surface area (Å²) in [5.74, 6) is 0.895. The molecule has 2 aliphatic rings. The minimum Gasteiger partial charge on any atom is -0.378 e. The van der Waals surface area contributed by atoms with E-state index in [0.29, 0.717) is 18.1 Å². The third-order valence-electron chi connectivity index (χ3n) is 6.12. The van der Waals surface area contributed by atoms with Crippen LogP contribution in [0.25, 0.3) is 0 Å². The van der Waals surface area contributed by atoms with E-state index < -0.39 is 5.91 Å². The summed E-state index contributed by atoms with van der Waals surface area (Å²) < 4.78 is 5.20. The standard InChI is InChI=1S/C23H28N4O3/c1-13-21(26-20-6-4-5-17(25-20)12-30-3)18-11-16(23(24)29)9-10-19(18)27(14(2)28)22(13)15-7-8-15/h4-6,9-11,13,15,21-22H,7-8,12H2,1-3H3,(H2,24,29)(H,25,26)/t13-,21-,22-/m1/s1. The molecule has 7 heteroatoms. The van der Waals surface area contributed by atoms with Crippen molar-refractivity contribution in [2.75, 3.05) is 17.3 Å². The van der Waals surface area contributed by atoms with Crippen LogP contribution in [0.4, 0.5) is 11.5 Å². The van der Waals surface area contributed by atoms with Gasteiger partial charge in [-0.3, -0.25) is 9.59 Å². The van der Waals surface area contributed by atoms with Gasteiger partial charge in [-0.1, -0.05) is 13.0 Å². The molecule has 1 fully saturated rings. The third kappa shape index (κ3) is 3.77. The normalized spacial score (nSPS) is 23.0. The zero-order valence-corrected chi connectivity index (χ0v) is 17.6. The first-order chi connectivity index (χ1) is 14.4. The number of primary amides is 1. The van der Waals surface area contributed by atoms with Crippen molar-refractivity contribution in [3.8, 4) is 0 Å². The van der Waals surface area contributed by atoms with Crippen LogP contribution in [0.3, 0.4) is 0 Å².